The minimum absolute atomic E-state index is 0.236. The Morgan fingerprint density at radius 1 is 0.900 bits per heavy atom. The maximum Gasteiger partial charge on any atom is 0.188 e. The number of hydrogen-bond donors (Lipinski definition) is 0. The largest absolute Gasteiger partial charge is 0.467 e. The highest BCUT2D eigenvalue weighted by Gasteiger charge is 2.06. The lowest BCUT2D eigenvalue weighted by molar-refractivity contribution is 0.0456. The van der Waals surface area contributed by atoms with Gasteiger partial charge in [-0.15, -0.1) is 0 Å². The third-order valence-electron chi connectivity index (χ3n) is 3.01. The Bertz CT molecular complexity index is 365. The summed E-state index contributed by atoms with van der Waals surface area (Å²) in [7, 11) is 3.22. The zero-order chi connectivity index (χ0) is 14.6. The van der Waals surface area contributed by atoms with E-state index < -0.39 is 0 Å². The van der Waals surface area contributed by atoms with Gasteiger partial charge in [0.25, 0.3) is 0 Å². The van der Waals surface area contributed by atoms with Crippen LogP contribution in [0.25, 0.3) is 0 Å². The van der Waals surface area contributed by atoms with Crippen LogP contribution in [-0.4, -0.2) is 27.8 Å². The van der Waals surface area contributed by atoms with E-state index in [-0.39, 0.29) is 13.6 Å². The lowest BCUT2D eigenvalue weighted by Gasteiger charge is -2.13. The molecule has 0 heterocycles. The molecule has 0 aliphatic rings. The van der Waals surface area contributed by atoms with Gasteiger partial charge in [-0.25, -0.2) is 0 Å². The van der Waals surface area contributed by atoms with E-state index in [0.717, 1.165) is 17.9 Å². The summed E-state index contributed by atoms with van der Waals surface area (Å²) in [5.41, 5.74) is 1.20. The van der Waals surface area contributed by atoms with E-state index in [1.165, 1.54) is 31.2 Å². The highest BCUT2D eigenvalue weighted by Crippen LogP contribution is 2.26. The van der Waals surface area contributed by atoms with Gasteiger partial charge in [-0.3, -0.25) is 0 Å². The van der Waals surface area contributed by atoms with Gasteiger partial charge < -0.3 is 18.9 Å². The van der Waals surface area contributed by atoms with Gasteiger partial charge in [0.05, 0.1) is 0 Å². The highest BCUT2D eigenvalue weighted by molar-refractivity contribution is 5.40. The molecule has 0 aromatic heterocycles. The first-order valence-electron chi connectivity index (χ1n) is 7.18. The number of hydrogen-bond acceptors (Lipinski definition) is 4. The molecule has 1 aromatic rings. The van der Waals surface area contributed by atoms with Crippen LogP contribution in [0.1, 0.15) is 38.2 Å². The van der Waals surface area contributed by atoms with Gasteiger partial charge in [-0.1, -0.05) is 32.3 Å². The Morgan fingerprint density at radius 2 is 1.65 bits per heavy atom. The van der Waals surface area contributed by atoms with E-state index in [1.54, 1.807) is 14.2 Å². The predicted molar refractivity (Wildman–Crippen MR) is 79.3 cm³/mol. The fourth-order valence-electron chi connectivity index (χ4n) is 1.96. The summed E-state index contributed by atoms with van der Waals surface area (Å²) in [5, 5.41) is 0. The molecule has 20 heavy (non-hydrogen) atoms. The second kappa shape index (κ2) is 10.5. The number of rotatable bonds is 11. The van der Waals surface area contributed by atoms with Gasteiger partial charge in [0.15, 0.2) is 13.6 Å². The van der Waals surface area contributed by atoms with Crippen LogP contribution in [0.5, 0.6) is 11.5 Å². The lowest BCUT2D eigenvalue weighted by Crippen LogP contribution is -2.04. The molecule has 4 heteroatoms. The molecule has 0 saturated carbocycles. The predicted octanol–water partition coefficient (Wildman–Crippen LogP) is 3.77. The normalized spacial score (nSPS) is 10.6. The first kappa shape index (κ1) is 16.8. The molecule has 0 bridgehead atoms. The van der Waals surface area contributed by atoms with Crippen LogP contribution in [0, 0.1) is 0 Å². The number of ether oxygens (including phenoxy) is 4. The van der Waals surface area contributed by atoms with Crippen LogP contribution >= 0.6 is 0 Å². The molecule has 0 atom stereocenters. The van der Waals surface area contributed by atoms with Gasteiger partial charge in [-0.05, 0) is 24.5 Å². The SMILES string of the molecule is CCCCCCc1ccc(OCOC)cc1OCOC. The second-order valence-corrected chi connectivity index (χ2v) is 4.68. The van der Waals surface area contributed by atoms with E-state index in [1.807, 2.05) is 12.1 Å². The van der Waals surface area contributed by atoms with Gasteiger partial charge >= 0.3 is 0 Å². The molecule has 1 rings (SSSR count). The molecule has 0 aliphatic heterocycles. The molecule has 114 valence electrons. The molecule has 0 unspecified atom stereocenters. The smallest absolute Gasteiger partial charge is 0.188 e. The maximum atomic E-state index is 5.62. The van der Waals surface area contributed by atoms with Crippen molar-refractivity contribution in [1.82, 2.24) is 0 Å². The van der Waals surface area contributed by atoms with Crippen LogP contribution < -0.4 is 9.47 Å². The van der Waals surface area contributed by atoms with Crippen molar-refractivity contribution in [2.45, 2.75) is 39.0 Å². The quantitative estimate of drug-likeness (QED) is 0.457. The van der Waals surface area contributed by atoms with Crippen LogP contribution in [0.4, 0.5) is 0 Å². The highest BCUT2D eigenvalue weighted by atomic mass is 16.7. The molecule has 4 nitrogen and oxygen atoms in total. The molecule has 1 aromatic carbocycles. The number of unbranched alkanes of at least 4 members (excludes halogenated alkanes) is 3. The van der Waals surface area contributed by atoms with Crippen LogP contribution in [0.2, 0.25) is 0 Å². The van der Waals surface area contributed by atoms with Gasteiger partial charge in [0.1, 0.15) is 11.5 Å². The Hall–Kier alpha value is -1.26. The molecule has 0 N–H and O–H groups in total. The van der Waals surface area contributed by atoms with Crippen molar-refractivity contribution in [3.63, 3.8) is 0 Å². The Balaban J connectivity index is 2.64. The summed E-state index contributed by atoms with van der Waals surface area (Å²) in [6.07, 6.45) is 5.97. The average Bonchev–Trinajstić information content (AvgIpc) is 2.48. The second-order valence-electron chi connectivity index (χ2n) is 4.68. The van der Waals surface area contributed by atoms with Crippen molar-refractivity contribution < 1.29 is 18.9 Å². The molecule has 0 radical (unpaired) electrons. The Kier molecular flexibility index (Phi) is 8.83. The third kappa shape index (κ3) is 6.26. The molecular formula is C16H26O4. The Labute approximate surface area is 122 Å². The summed E-state index contributed by atoms with van der Waals surface area (Å²) in [6, 6.07) is 5.91. The topological polar surface area (TPSA) is 36.9 Å². The van der Waals surface area contributed by atoms with Crippen molar-refractivity contribution in [3.8, 4) is 11.5 Å². The minimum atomic E-state index is 0.236. The van der Waals surface area contributed by atoms with Crippen molar-refractivity contribution in [1.29, 1.82) is 0 Å². The summed E-state index contributed by atoms with van der Waals surface area (Å²) in [5.74, 6) is 1.58. The van der Waals surface area contributed by atoms with Crippen molar-refractivity contribution in [2.24, 2.45) is 0 Å². The maximum absolute atomic E-state index is 5.62. The minimum Gasteiger partial charge on any atom is -0.467 e. The third-order valence-corrected chi connectivity index (χ3v) is 3.01. The van der Waals surface area contributed by atoms with Crippen molar-refractivity contribution in [3.05, 3.63) is 23.8 Å². The summed E-state index contributed by atoms with van der Waals surface area (Å²) in [6.45, 7) is 2.70. The van der Waals surface area contributed by atoms with Crippen molar-refractivity contribution in [2.75, 3.05) is 27.8 Å². The van der Waals surface area contributed by atoms with E-state index in [4.69, 9.17) is 18.9 Å². The number of benzene rings is 1. The summed E-state index contributed by atoms with van der Waals surface area (Å²) < 4.78 is 20.9. The fourth-order valence-corrected chi connectivity index (χ4v) is 1.96. The summed E-state index contributed by atoms with van der Waals surface area (Å²) >= 11 is 0. The lowest BCUT2D eigenvalue weighted by atomic mass is 10.1. The zero-order valence-electron chi connectivity index (χ0n) is 12.8. The monoisotopic (exact) mass is 282 g/mol. The number of aryl methyl sites for hydroxylation is 1. The van der Waals surface area contributed by atoms with E-state index in [0.29, 0.717) is 0 Å². The molecule has 0 amide bonds. The van der Waals surface area contributed by atoms with E-state index >= 15 is 0 Å². The number of methoxy groups -OCH3 is 2. The first-order chi connectivity index (χ1) is 9.81. The van der Waals surface area contributed by atoms with Crippen LogP contribution in [-0.2, 0) is 15.9 Å². The van der Waals surface area contributed by atoms with Gasteiger partial charge in [-0.2, -0.15) is 0 Å². The fraction of sp³-hybridized carbons (Fsp3) is 0.625. The van der Waals surface area contributed by atoms with E-state index in [2.05, 4.69) is 13.0 Å². The van der Waals surface area contributed by atoms with Crippen LogP contribution in [0.15, 0.2) is 18.2 Å². The molecule has 0 aliphatic carbocycles. The molecule has 0 fully saturated rings. The van der Waals surface area contributed by atoms with Crippen LogP contribution in [0.3, 0.4) is 0 Å². The van der Waals surface area contributed by atoms with Gasteiger partial charge in [0, 0.05) is 20.3 Å². The van der Waals surface area contributed by atoms with Gasteiger partial charge in [0.2, 0.25) is 0 Å². The van der Waals surface area contributed by atoms with Crippen molar-refractivity contribution >= 4 is 0 Å². The summed E-state index contributed by atoms with van der Waals surface area (Å²) in [4.78, 5) is 0. The molecular weight excluding hydrogens is 256 g/mol. The first-order valence-corrected chi connectivity index (χ1v) is 7.18. The average molecular weight is 282 g/mol. The molecule has 0 saturated heterocycles. The standard InChI is InChI=1S/C16H26O4/c1-4-5-6-7-8-14-9-10-15(19-12-17-2)11-16(14)20-13-18-3/h9-11H,4-8,12-13H2,1-3H3. The van der Waals surface area contributed by atoms with E-state index in [9.17, 15) is 0 Å². The Morgan fingerprint density at radius 3 is 2.35 bits per heavy atom. The zero-order valence-corrected chi connectivity index (χ0v) is 12.8. The molecule has 0 spiro atoms.